The van der Waals surface area contributed by atoms with Gasteiger partial charge in [-0.2, -0.15) is 0 Å². The molecular weight excluding hydrogens is 577 g/mol. The number of carbonyl (C=O) groups is 3. The van der Waals surface area contributed by atoms with Crippen molar-refractivity contribution in [1.29, 1.82) is 5.41 Å². The summed E-state index contributed by atoms with van der Waals surface area (Å²) in [5.74, 6) is -2.03. The van der Waals surface area contributed by atoms with Gasteiger partial charge < -0.3 is 31.4 Å². The number of ether oxygens (including phenoxy) is 1. The molecule has 5 N–H and O–H groups in total. The van der Waals surface area contributed by atoms with Crippen molar-refractivity contribution in [3.8, 4) is 5.69 Å². The van der Waals surface area contributed by atoms with Crippen LogP contribution < -0.4 is 16.4 Å². The van der Waals surface area contributed by atoms with E-state index in [0.717, 1.165) is 6.21 Å². The number of benzene rings is 3. The predicted molar refractivity (Wildman–Crippen MR) is 169 cm³/mol. The molecule has 11 nitrogen and oxygen atoms in total. The van der Waals surface area contributed by atoms with E-state index in [9.17, 15) is 14.4 Å². The van der Waals surface area contributed by atoms with Gasteiger partial charge in [-0.25, -0.2) is 9.07 Å². The first-order valence-electron chi connectivity index (χ1n) is 14.3. The Kier molecular flexibility index (Phi) is 8.77. The van der Waals surface area contributed by atoms with E-state index in [1.807, 2.05) is 20.8 Å². The molecule has 1 aromatic heterocycles. The molecule has 0 saturated carbocycles. The number of morpholine rings is 1. The lowest BCUT2D eigenvalue weighted by atomic mass is 9.85. The van der Waals surface area contributed by atoms with Gasteiger partial charge >= 0.3 is 0 Å². The predicted octanol–water partition coefficient (Wildman–Crippen LogP) is 4.87. The van der Waals surface area contributed by atoms with Gasteiger partial charge in [0.15, 0.2) is 5.82 Å². The van der Waals surface area contributed by atoms with Crippen LogP contribution in [0.1, 0.15) is 63.0 Å². The minimum Gasteiger partial charge on any atom is -0.378 e. The molecule has 1 saturated heterocycles. The summed E-state index contributed by atoms with van der Waals surface area (Å²) in [5.41, 5.74) is 7.95. The molecule has 1 fully saturated rings. The van der Waals surface area contributed by atoms with Crippen LogP contribution >= 0.6 is 0 Å². The van der Waals surface area contributed by atoms with Crippen LogP contribution in [0.2, 0.25) is 0 Å². The average Bonchev–Trinajstić information content (AvgIpc) is 3.45. The summed E-state index contributed by atoms with van der Waals surface area (Å²) >= 11 is 0. The Bertz CT molecular complexity index is 1770. The van der Waals surface area contributed by atoms with Gasteiger partial charge in [-0.15, -0.1) is 5.10 Å². The number of carbonyl (C=O) groups excluding carboxylic acids is 3. The van der Waals surface area contributed by atoms with Crippen LogP contribution in [0.15, 0.2) is 66.9 Å². The molecule has 0 atom stereocenters. The quantitative estimate of drug-likeness (QED) is 0.208. The van der Waals surface area contributed by atoms with Crippen molar-refractivity contribution in [1.82, 2.24) is 14.7 Å². The largest absolute Gasteiger partial charge is 0.378 e. The number of aromatic nitrogens is 2. The van der Waals surface area contributed by atoms with Gasteiger partial charge in [-0.3, -0.25) is 14.4 Å². The van der Waals surface area contributed by atoms with Crippen LogP contribution in [0.4, 0.5) is 21.6 Å². The van der Waals surface area contributed by atoms with E-state index in [2.05, 4.69) is 15.7 Å². The van der Waals surface area contributed by atoms with Gasteiger partial charge in [0.2, 0.25) is 0 Å². The van der Waals surface area contributed by atoms with Gasteiger partial charge in [-0.05, 0) is 65.6 Å². The van der Waals surface area contributed by atoms with E-state index in [-0.39, 0.29) is 33.8 Å². The summed E-state index contributed by atoms with van der Waals surface area (Å²) in [6.07, 6.45) is 2.42. The maximum atomic E-state index is 15.1. The topological polar surface area (TPSA) is 155 Å². The van der Waals surface area contributed by atoms with Crippen LogP contribution in [0.3, 0.4) is 0 Å². The van der Waals surface area contributed by atoms with Gasteiger partial charge in [0.1, 0.15) is 11.4 Å². The van der Waals surface area contributed by atoms with Crippen molar-refractivity contribution in [2.45, 2.75) is 26.2 Å². The summed E-state index contributed by atoms with van der Waals surface area (Å²) in [6, 6.07) is 16.4. The Morgan fingerprint density at radius 1 is 1.02 bits per heavy atom. The van der Waals surface area contributed by atoms with Crippen molar-refractivity contribution in [3.63, 3.8) is 0 Å². The molecule has 0 spiro atoms. The smallest absolute Gasteiger partial charge is 0.259 e. The molecule has 3 amide bonds. The third-order valence-corrected chi connectivity index (χ3v) is 7.41. The van der Waals surface area contributed by atoms with Crippen molar-refractivity contribution in [2.24, 2.45) is 5.73 Å². The highest BCUT2D eigenvalue weighted by Gasteiger charge is 2.23. The molecule has 0 bridgehead atoms. The van der Waals surface area contributed by atoms with E-state index in [0.29, 0.717) is 54.5 Å². The van der Waals surface area contributed by atoms with Crippen LogP contribution in [-0.2, 0) is 10.2 Å². The van der Waals surface area contributed by atoms with Crippen LogP contribution in [0, 0.1) is 11.2 Å². The molecule has 45 heavy (non-hydrogen) atoms. The van der Waals surface area contributed by atoms with Crippen molar-refractivity contribution in [3.05, 3.63) is 100 Å². The molecule has 3 aromatic carbocycles. The zero-order chi connectivity index (χ0) is 32.3. The summed E-state index contributed by atoms with van der Waals surface area (Å²) in [7, 11) is 0. The first-order valence-corrected chi connectivity index (χ1v) is 14.3. The minimum absolute atomic E-state index is 0.0855. The fraction of sp³-hybridized carbons (Fsp3) is 0.242. The number of nitrogens with zero attached hydrogens (tertiary/aromatic N) is 3. The highest BCUT2D eigenvalue weighted by atomic mass is 19.1. The number of anilines is 3. The number of primary amides is 1. The van der Waals surface area contributed by atoms with Crippen LogP contribution in [0.5, 0.6) is 0 Å². The Hall–Kier alpha value is -5.36. The number of nitrogens with two attached hydrogens (primary N) is 1. The minimum atomic E-state index is -0.720. The third-order valence-electron chi connectivity index (χ3n) is 7.41. The van der Waals surface area contributed by atoms with E-state index in [4.69, 9.17) is 15.9 Å². The first kappa shape index (κ1) is 31.1. The molecule has 0 aliphatic carbocycles. The Morgan fingerprint density at radius 2 is 1.73 bits per heavy atom. The van der Waals surface area contributed by atoms with Crippen LogP contribution in [-0.4, -0.2) is 64.9 Å². The number of amides is 3. The van der Waals surface area contributed by atoms with E-state index in [1.165, 1.54) is 16.9 Å². The van der Waals surface area contributed by atoms with Crippen LogP contribution in [0.25, 0.3) is 5.69 Å². The van der Waals surface area contributed by atoms with Crippen molar-refractivity contribution in [2.75, 3.05) is 36.9 Å². The number of rotatable bonds is 8. The lowest BCUT2D eigenvalue weighted by Crippen LogP contribution is -2.40. The monoisotopic (exact) mass is 611 g/mol. The molecule has 0 unspecified atom stereocenters. The SMILES string of the molecule is CC(C)(C)c1cc(F)c(C(=O)Nc2cccc(-n3cc(C(N)=O)c(Nc4ccc(C(=O)N5CCOCC5)cc4)n3)c2)c(C=N)c1. The van der Waals surface area contributed by atoms with E-state index >= 15 is 4.39 Å². The van der Waals surface area contributed by atoms with Crippen molar-refractivity contribution >= 4 is 41.1 Å². The van der Waals surface area contributed by atoms with E-state index < -0.39 is 17.6 Å². The molecule has 4 aromatic rings. The fourth-order valence-corrected chi connectivity index (χ4v) is 4.89. The number of nitrogens with one attached hydrogen (secondary N) is 3. The summed E-state index contributed by atoms with van der Waals surface area (Å²) in [5, 5.41) is 18.0. The maximum Gasteiger partial charge on any atom is 0.259 e. The third kappa shape index (κ3) is 6.91. The second-order valence-electron chi connectivity index (χ2n) is 11.6. The number of halogens is 1. The summed E-state index contributed by atoms with van der Waals surface area (Å²) in [6.45, 7) is 7.86. The van der Waals surface area contributed by atoms with Gasteiger partial charge in [0.05, 0.1) is 24.5 Å². The van der Waals surface area contributed by atoms with Gasteiger partial charge in [0, 0.05) is 48.0 Å². The number of hydrogen-bond acceptors (Lipinski definition) is 7. The van der Waals surface area contributed by atoms with Gasteiger partial charge in [0.25, 0.3) is 17.7 Å². The Morgan fingerprint density at radius 3 is 2.38 bits per heavy atom. The summed E-state index contributed by atoms with van der Waals surface area (Å²) in [4.78, 5) is 39.9. The summed E-state index contributed by atoms with van der Waals surface area (Å²) < 4.78 is 21.9. The molecule has 1 aliphatic heterocycles. The first-order chi connectivity index (χ1) is 21.4. The molecule has 5 rings (SSSR count). The zero-order valence-corrected chi connectivity index (χ0v) is 25.2. The van der Waals surface area contributed by atoms with Crippen molar-refractivity contribution < 1.29 is 23.5 Å². The zero-order valence-electron chi connectivity index (χ0n) is 25.2. The lowest BCUT2D eigenvalue weighted by Gasteiger charge is -2.26. The molecule has 0 radical (unpaired) electrons. The lowest BCUT2D eigenvalue weighted by molar-refractivity contribution is 0.0303. The normalized spacial score (nSPS) is 13.3. The second kappa shape index (κ2) is 12.7. The molecule has 2 heterocycles. The molecular formula is C33H34FN7O4. The Labute approximate surface area is 259 Å². The molecule has 232 valence electrons. The van der Waals surface area contributed by atoms with Gasteiger partial charge in [-0.1, -0.05) is 26.8 Å². The second-order valence-corrected chi connectivity index (χ2v) is 11.6. The standard InChI is InChI=1S/C33H34FN7O4/c1-33(2,3)22-15-21(18-35)28(27(34)16-22)31(43)38-24-5-4-6-25(17-24)41-19-26(29(36)42)30(39-41)37-23-9-7-20(8-10-23)32(44)40-11-13-45-14-12-40/h4-10,15-19,35H,11-14H2,1-3H3,(H2,36,42)(H,37,39)(H,38,43). The highest BCUT2D eigenvalue weighted by molar-refractivity contribution is 6.09. The fourth-order valence-electron chi connectivity index (χ4n) is 4.89. The molecule has 1 aliphatic rings. The highest BCUT2D eigenvalue weighted by Crippen LogP contribution is 2.28. The maximum absolute atomic E-state index is 15.1. The number of hydrogen-bond donors (Lipinski definition) is 4. The Balaban J connectivity index is 1.35. The molecule has 12 heteroatoms. The van der Waals surface area contributed by atoms with E-state index in [1.54, 1.807) is 59.5 Å². The average molecular weight is 612 g/mol.